The largest absolute Gasteiger partial charge is 0.486 e. The summed E-state index contributed by atoms with van der Waals surface area (Å²) < 4.78 is 5.83. The van der Waals surface area contributed by atoms with E-state index in [1.54, 1.807) is 6.08 Å². The van der Waals surface area contributed by atoms with Gasteiger partial charge in [-0.3, -0.25) is 5.43 Å². The molecule has 0 aromatic heterocycles. The molecule has 0 spiro atoms. The first kappa shape index (κ1) is 14.7. The molecule has 0 aliphatic carbocycles. The first-order valence-corrected chi connectivity index (χ1v) is 5.87. The lowest BCUT2D eigenvalue weighted by molar-refractivity contribution is 0.0898. The van der Waals surface area contributed by atoms with E-state index >= 15 is 0 Å². The van der Waals surface area contributed by atoms with E-state index in [0.717, 1.165) is 0 Å². The molecule has 5 heteroatoms. The highest BCUT2D eigenvalue weighted by Crippen LogP contribution is 2.20. The summed E-state index contributed by atoms with van der Waals surface area (Å²) in [4.78, 5) is 0. The second kappa shape index (κ2) is 7.19. The minimum absolute atomic E-state index is 0.0390. The van der Waals surface area contributed by atoms with E-state index < -0.39 is 11.8 Å². The average molecular weight is 258 g/mol. The van der Waals surface area contributed by atoms with E-state index in [2.05, 4.69) is 23.8 Å². The lowest BCUT2D eigenvalue weighted by Crippen LogP contribution is -2.61. The van der Waals surface area contributed by atoms with Crippen LogP contribution >= 0.6 is 0 Å². The van der Waals surface area contributed by atoms with Crippen molar-refractivity contribution in [3.8, 4) is 11.8 Å². The van der Waals surface area contributed by atoms with Gasteiger partial charge in [0.15, 0.2) is 5.66 Å². The summed E-state index contributed by atoms with van der Waals surface area (Å²) in [5.41, 5.74) is 7.71. The number of ether oxygens (including phenoxy) is 1. The molecule has 5 nitrogen and oxygen atoms in total. The minimum Gasteiger partial charge on any atom is -0.486 e. The van der Waals surface area contributed by atoms with Gasteiger partial charge in [-0.2, -0.15) is 10.4 Å². The normalized spacial score (nSPS) is 14.5. The van der Waals surface area contributed by atoms with E-state index in [1.807, 2.05) is 36.4 Å². The number of nitrogens with two attached hydrogens (primary N) is 1. The van der Waals surface area contributed by atoms with Gasteiger partial charge in [-0.15, -0.1) is 6.58 Å². The molecule has 1 unspecified atom stereocenters. The summed E-state index contributed by atoms with van der Waals surface area (Å²) in [7, 11) is 0. The van der Waals surface area contributed by atoms with Crippen molar-refractivity contribution >= 4 is 6.72 Å². The Morgan fingerprint density at radius 1 is 1.53 bits per heavy atom. The molecule has 1 aromatic carbocycles. The predicted molar refractivity (Wildman–Crippen MR) is 75.5 cm³/mol. The number of nitrogens with zero attached hydrogens (tertiary/aromatic N) is 2. The van der Waals surface area contributed by atoms with Gasteiger partial charge in [-0.1, -0.05) is 24.3 Å². The van der Waals surface area contributed by atoms with Crippen LogP contribution in [0.2, 0.25) is 0 Å². The molecule has 0 aliphatic rings. The maximum absolute atomic E-state index is 8.90. The zero-order chi connectivity index (χ0) is 14.1. The number of benzene rings is 1. The van der Waals surface area contributed by atoms with Crippen LogP contribution in [-0.2, 0) is 0 Å². The molecule has 100 valence electrons. The van der Waals surface area contributed by atoms with E-state index in [1.165, 1.54) is 0 Å². The van der Waals surface area contributed by atoms with E-state index in [9.17, 15) is 0 Å². The number of hydrazone groups is 1. The quantitative estimate of drug-likeness (QED) is 0.322. The predicted octanol–water partition coefficient (Wildman–Crippen LogP) is 1.78. The topological polar surface area (TPSA) is 83.4 Å². The smallest absolute Gasteiger partial charge is 0.152 e. The summed E-state index contributed by atoms with van der Waals surface area (Å²) in [6.07, 6.45) is 1.74. The Kier molecular flexibility index (Phi) is 5.58. The van der Waals surface area contributed by atoms with Gasteiger partial charge in [0.1, 0.15) is 11.9 Å². The van der Waals surface area contributed by atoms with Crippen LogP contribution in [0.15, 0.2) is 48.1 Å². The van der Waals surface area contributed by atoms with Crippen molar-refractivity contribution in [2.24, 2.45) is 10.8 Å². The number of para-hydroxylation sites is 1. The Morgan fingerprint density at radius 3 is 2.74 bits per heavy atom. The zero-order valence-corrected chi connectivity index (χ0v) is 10.7. The van der Waals surface area contributed by atoms with Crippen molar-refractivity contribution < 1.29 is 4.74 Å². The molecule has 1 rings (SSSR count). The monoisotopic (exact) mass is 258 g/mol. The first-order chi connectivity index (χ1) is 9.16. The summed E-state index contributed by atoms with van der Waals surface area (Å²) >= 11 is 0. The molecule has 0 aliphatic heterocycles. The van der Waals surface area contributed by atoms with Gasteiger partial charge < -0.3 is 10.5 Å². The van der Waals surface area contributed by atoms with Gasteiger partial charge in [-0.05, 0) is 12.1 Å². The fourth-order valence-corrected chi connectivity index (χ4v) is 1.68. The van der Waals surface area contributed by atoms with Gasteiger partial charge in [0.2, 0.25) is 0 Å². The summed E-state index contributed by atoms with van der Waals surface area (Å²) in [5.74, 6) is 0.674. The Balaban J connectivity index is 2.93. The van der Waals surface area contributed by atoms with Crippen molar-refractivity contribution in [2.45, 2.75) is 24.6 Å². The van der Waals surface area contributed by atoms with E-state index in [-0.39, 0.29) is 6.42 Å². The van der Waals surface area contributed by atoms with Gasteiger partial charge in [0.05, 0.1) is 12.5 Å². The molecule has 0 amide bonds. The number of nitriles is 1. The maximum Gasteiger partial charge on any atom is 0.152 e. The van der Waals surface area contributed by atoms with Gasteiger partial charge in [0.25, 0.3) is 0 Å². The minimum atomic E-state index is -1.11. The molecule has 0 saturated carbocycles. The zero-order valence-electron chi connectivity index (χ0n) is 10.7. The number of rotatable bonds is 8. The number of hydrogen-bond donors (Lipinski definition) is 2. The first-order valence-electron chi connectivity index (χ1n) is 5.87. The van der Waals surface area contributed by atoms with Crippen LogP contribution in [0.5, 0.6) is 5.75 Å². The Hall–Kier alpha value is -2.32. The molecule has 0 radical (unpaired) electrons. The molecule has 0 fully saturated rings. The standard InChI is InChI=1S/C14H18N4O/c1-3-7-13(14(16,10-11-15)18-17-2)19-12-8-5-4-6-9-12/h3-6,8-9,13,18H,1-2,7,10,16H2/t13-,14?/m1/s1. The molecule has 1 aromatic rings. The van der Waals surface area contributed by atoms with Crippen molar-refractivity contribution in [1.82, 2.24) is 5.43 Å². The fourth-order valence-electron chi connectivity index (χ4n) is 1.68. The average Bonchev–Trinajstić information content (AvgIpc) is 2.40. The second-order valence-corrected chi connectivity index (χ2v) is 4.09. The third-order valence-electron chi connectivity index (χ3n) is 2.64. The highest BCUT2D eigenvalue weighted by atomic mass is 16.5. The van der Waals surface area contributed by atoms with Crippen molar-refractivity contribution in [3.63, 3.8) is 0 Å². The fraction of sp³-hybridized carbons (Fsp3) is 0.286. The highest BCUT2D eigenvalue weighted by Gasteiger charge is 2.36. The Bertz CT molecular complexity index is 454. The van der Waals surface area contributed by atoms with E-state index in [0.29, 0.717) is 12.2 Å². The summed E-state index contributed by atoms with van der Waals surface area (Å²) in [6, 6.07) is 11.3. The van der Waals surface area contributed by atoms with Gasteiger partial charge in [-0.25, -0.2) is 0 Å². The third-order valence-corrected chi connectivity index (χ3v) is 2.64. The van der Waals surface area contributed by atoms with Crippen LogP contribution in [-0.4, -0.2) is 18.5 Å². The lowest BCUT2D eigenvalue weighted by atomic mass is 9.98. The molecule has 19 heavy (non-hydrogen) atoms. The molecular weight excluding hydrogens is 240 g/mol. The highest BCUT2D eigenvalue weighted by molar-refractivity contribution is 5.24. The molecular formula is C14H18N4O. The van der Waals surface area contributed by atoms with Crippen LogP contribution in [0.25, 0.3) is 0 Å². The van der Waals surface area contributed by atoms with E-state index in [4.69, 9.17) is 15.7 Å². The van der Waals surface area contributed by atoms with Crippen LogP contribution in [0.1, 0.15) is 12.8 Å². The second-order valence-electron chi connectivity index (χ2n) is 4.09. The lowest BCUT2D eigenvalue weighted by Gasteiger charge is -2.34. The van der Waals surface area contributed by atoms with Crippen LogP contribution in [0.4, 0.5) is 0 Å². The number of nitrogens with one attached hydrogen (secondary N) is 1. The van der Waals surface area contributed by atoms with Crippen LogP contribution in [0.3, 0.4) is 0 Å². The summed E-state index contributed by atoms with van der Waals surface area (Å²) in [6.45, 7) is 7.03. The van der Waals surface area contributed by atoms with Crippen molar-refractivity contribution in [2.75, 3.05) is 0 Å². The Labute approximate surface area is 113 Å². The van der Waals surface area contributed by atoms with Crippen molar-refractivity contribution in [1.29, 1.82) is 5.26 Å². The molecule has 0 bridgehead atoms. The van der Waals surface area contributed by atoms with Crippen LogP contribution in [0, 0.1) is 11.3 Å². The Morgan fingerprint density at radius 2 is 2.21 bits per heavy atom. The summed E-state index contributed by atoms with van der Waals surface area (Å²) in [5, 5.41) is 12.5. The molecule has 0 heterocycles. The number of hydrogen-bond acceptors (Lipinski definition) is 5. The molecule has 0 saturated heterocycles. The van der Waals surface area contributed by atoms with Gasteiger partial charge >= 0.3 is 0 Å². The van der Waals surface area contributed by atoms with Gasteiger partial charge in [0, 0.05) is 13.1 Å². The van der Waals surface area contributed by atoms with Crippen molar-refractivity contribution in [3.05, 3.63) is 43.0 Å². The molecule has 2 atom stereocenters. The van der Waals surface area contributed by atoms with Crippen LogP contribution < -0.4 is 15.9 Å². The third kappa shape index (κ3) is 4.12. The SMILES string of the molecule is C=CC[C@@H](Oc1ccccc1)C(N)(CC#N)NN=C. The maximum atomic E-state index is 8.90. The molecule has 3 N–H and O–H groups in total.